The third-order valence-electron chi connectivity index (χ3n) is 4.06. The molecule has 2 aromatic rings. The van der Waals surface area contributed by atoms with Crippen molar-refractivity contribution in [3.63, 3.8) is 0 Å². The van der Waals surface area contributed by atoms with E-state index in [9.17, 15) is 0 Å². The summed E-state index contributed by atoms with van der Waals surface area (Å²) in [5.74, 6) is 1.38. The lowest BCUT2D eigenvalue weighted by Crippen LogP contribution is -2.51. The quantitative estimate of drug-likeness (QED) is 0.918. The zero-order valence-corrected chi connectivity index (χ0v) is 13.1. The first-order valence-corrected chi connectivity index (χ1v) is 7.89. The van der Waals surface area contributed by atoms with E-state index in [1.807, 2.05) is 0 Å². The Morgan fingerprint density at radius 1 is 1.40 bits per heavy atom. The van der Waals surface area contributed by atoms with Crippen LogP contribution in [0.3, 0.4) is 0 Å². The van der Waals surface area contributed by atoms with Gasteiger partial charge in [-0.05, 0) is 26.5 Å². The number of thiophene rings is 1. The highest BCUT2D eigenvalue weighted by Gasteiger charge is 2.25. The van der Waals surface area contributed by atoms with Crippen LogP contribution < -0.4 is 10.6 Å². The number of likely N-dealkylation sites (N-methyl/N-ethyl adjacent to an activating group) is 1. The fourth-order valence-electron chi connectivity index (χ4n) is 2.86. The highest BCUT2D eigenvalue weighted by Crippen LogP contribution is 2.32. The third-order valence-corrected chi connectivity index (χ3v) is 5.01. The molecule has 5 nitrogen and oxygen atoms in total. The van der Waals surface area contributed by atoms with E-state index in [1.165, 1.54) is 4.88 Å². The normalized spacial score (nSPS) is 20.8. The topological polar surface area (TPSA) is 58.3 Å². The maximum atomic E-state index is 5.88. The van der Waals surface area contributed by atoms with Gasteiger partial charge >= 0.3 is 0 Å². The number of piperazine rings is 1. The smallest absolute Gasteiger partial charge is 0.223 e. The van der Waals surface area contributed by atoms with Crippen molar-refractivity contribution in [2.24, 2.45) is 0 Å². The molecule has 20 heavy (non-hydrogen) atoms. The highest BCUT2D eigenvalue weighted by molar-refractivity contribution is 7.18. The number of rotatable bonds is 2. The second kappa shape index (κ2) is 5.18. The molecule has 0 saturated carbocycles. The Hall–Kier alpha value is -1.40. The Morgan fingerprint density at radius 3 is 2.95 bits per heavy atom. The van der Waals surface area contributed by atoms with Gasteiger partial charge in [-0.3, -0.25) is 4.90 Å². The third kappa shape index (κ3) is 2.33. The molecule has 0 radical (unpaired) electrons. The van der Waals surface area contributed by atoms with Crippen LogP contribution in [-0.4, -0.2) is 47.6 Å². The number of aryl methyl sites for hydroxylation is 1. The average molecular weight is 291 g/mol. The van der Waals surface area contributed by atoms with Crippen LogP contribution in [0.25, 0.3) is 10.2 Å². The zero-order chi connectivity index (χ0) is 14.3. The summed E-state index contributed by atoms with van der Waals surface area (Å²) in [4.78, 5) is 15.9. The predicted octanol–water partition coefficient (Wildman–Crippen LogP) is 2.11. The molecule has 0 bridgehead atoms. The van der Waals surface area contributed by atoms with E-state index in [0.29, 0.717) is 12.0 Å². The summed E-state index contributed by atoms with van der Waals surface area (Å²) in [6.07, 6.45) is 1.15. The Morgan fingerprint density at radius 2 is 2.20 bits per heavy atom. The molecule has 1 atom stereocenters. The summed E-state index contributed by atoms with van der Waals surface area (Å²) in [5.41, 5.74) is 5.88. The maximum Gasteiger partial charge on any atom is 0.223 e. The minimum Gasteiger partial charge on any atom is -0.368 e. The summed E-state index contributed by atoms with van der Waals surface area (Å²) in [6.45, 7) is 7.41. The number of hydrogen-bond donors (Lipinski definition) is 1. The van der Waals surface area contributed by atoms with Crippen molar-refractivity contribution >= 4 is 33.3 Å². The van der Waals surface area contributed by atoms with Crippen LogP contribution in [0.5, 0.6) is 0 Å². The summed E-state index contributed by atoms with van der Waals surface area (Å²) < 4.78 is 0. The Balaban J connectivity index is 2.01. The fourth-order valence-corrected chi connectivity index (χ4v) is 3.74. The second-order valence-corrected chi connectivity index (χ2v) is 6.70. The average Bonchev–Trinajstić information content (AvgIpc) is 2.78. The first kappa shape index (κ1) is 13.6. The van der Waals surface area contributed by atoms with E-state index in [1.54, 1.807) is 11.3 Å². The van der Waals surface area contributed by atoms with Gasteiger partial charge in [0, 0.05) is 30.6 Å². The molecule has 3 heterocycles. The largest absolute Gasteiger partial charge is 0.368 e. The number of anilines is 2. The van der Waals surface area contributed by atoms with Crippen molar-refractivity contribution in [2.45, 2.75) is 26.3 Å². The van der Waals surface area contributed by atoms with Gasteiger partial charge in [0.2, 0.25) is 5.95 Å². The zero-order valence-electron chi connectivity index (χ0n) is 12.3. The van der Waals surface area contributed by atoms with Crippen LogP contribution in [0, 0.1) is 6.92 Å². The predicted molar refractivity (Wildman–Crippen MR) is 85.5 cm³/mol. The summed E-state index contributed by atoms with van der Waals surface area (Å²) in [6, 6.07) is 2.75. The van der Waals surface area contributed by atoms with Crippen molar-refractivity contribution in [1.29, 1.82) is 0 Å². The molecule has 0 amide bonds. The van der Waals surface area contributed by atoms with Gasteiger partial charge in [-0.2, -0.15) is 4.98 Å². The van der Waals surface area contributed by atoms with Gasteiger partial charge in [0.25, 0.3) is 0 Å². The number of hydrogen-bond acceptors (Lipinski definition) is 6. The van der Waals surface area contributed by atoms with Crippen molar-refractivity contribution in [2.75, 3.05) is 37.3 Å². The van der Waals surface area contributed by atoms with E-state index in [2.05, 4.69) is 46.7 Å². The van der Waals surface area contributed by atoms with Crippen LogP contribution >= 0.6 is 11.3 Å². The lowest BCUT2D eigenvalue weighted by molar-refractivity contribution is 0.213. The molecule has 1 aliphatic rings. The number of nitrogens with zero attached hydrogens (tertiary/aromatic N) is 4. The molecular weight excluding hydrogens is 270 g/mol. The molecule has 3 rings (SSSR count). The Labute approximate surface area is 123 Å². The SMILES string of the molecule is CCC1CN(c2nc(N)nc3sc(C)cc23)CCN1C. The first-order valence-electron chi connectivity index (χ1n) is 7.07. The monoisotopic (exact) mass is 291 g/mol. The van der Waals surface area contributed by atoms with E-state index in [0.717, 1.165) is 42.1 Å². The molecule has 0 aliphatic carbocycles. The molecular formula is C14H21N5S. The number of nitrogen functional groups attached to an aromatic ring is 1. The molecule has 0 aromatic carbocycles. The lowest BCUT2D eigenvalue weighted by Gasteiger charge is -2.39. The van der Waals surface area contributed by atoms with Crippen molar-refractivity contribution < 1.29 is 0 Å². The minimum atomic E-state index is 0.376. The summed E-state index contributed by atoms with van der Waals surface area (Å²) in [5, 5.41) is 1.14. The van der Waals surface area contributed by atoms with Crippen LogP contribution in [-0.2, 0) is 0 Å². The van der Waals surface area contributed by atoms with Gasteiger partial charge in [0.15, 0.2) is 0 Å². The molecule has 6 heteroatoms. The van der Waals surface area contributed by atoms with Crippen LogP contribution in [0.1, 0.15) is 18.2 Å². The van der Waals surface area contributed by atoms with Gasteiger partial charge in [0.1, 0.15) is 10.6 Å². The molecule has 1 unspecified atom stereocenters. The minimum absolute atomic E-state index is 0.376. The summed E-state index contributed by atoms with van der Waals surface area (Å²) in [7, 11) is 2.20. The summed E-state index contributed by atoms with van der Waals surface area (Å²) >= 11 is 1.68. The van der Waals surface area contributed by atoms with E-state index < -0.39 is 0 Å². The number of fused-ring (bicyclic) bond motifs is 1. The molecule has 2 N–H and O–H groups in total. The molecule has 1 fully saturated rings. The van der Waals surface area contributed by atoms with Gasteiger partial charge in [0.05, 0.1) is 5.39 Å². The van der Waals surface area contributed by atoms with Crippen molar-refractivity contribution in [3.05, 3.63) is 10.9 Å². The van der Waals surface area contributed by atoms with Crippen molar-refractivity contribution in [3.8, 4) is 0 Å². The van der Waals surface area contributed by atoms with Gasteiger partial charge in [-0.15, -0.1) is 11.3 Å². The number of nitrogens with two attached hydrogens (primary N) is 1. The highest BCUT2D eigenvalue weighted by atomic mass is 32.1. The Kier molecular flexibility index (Phi) is 3.52. The Bertz CT molecular complexity index is 623. The molecule has 1 aliphatic heterocycles. The fraction of sp³-hybridized carbons (Fsp3) is 0.571. The standard InChI is InChI=1S/C14H21N5S/c1-4-10-8-19(6-5-18(10)3)12-11-7-9(2)20-13(11)17-14(15)16-12/h7,10H,4-6,8H2,1-3H3,(H2,15,16,17). The van der Waals surface area contributed by atoms with Gasteiger partial charge in [-0.25, -0.2) is 4.98 Å². The van der Waals surface area contributed by atoms with Crippen molar-refractivity contribution in [1.82, 2.24) is 14.9 Å². The molecule has 1 saturated heterocycles. The van der Waals surface area contributed by atoms with Gasteiger partial charge in [-0.1, -0.05) is 6.92 Å². The van der Waals surface area contributed by atoms with Gasteiger partial charge < -0.3 is 10.6 Å². The van der Waals surface area contributed by atoms with Crippen LogP contribution in [0.4, 0.5) is 11.8 Å². The van der Waals surface area contributed by atoms with Crippen LogP contribution in [0.2, 0.25) is 0 Å². The lowest BCUT2D eigenvalue weighted by atomic mass is 10.1. The van der Waals surface area contributed by atoms with E-state index in [4.69, 9.17) is 5.73 Å². The van der Waals surface area contributed by atoms with Crippen LogP contribution in [0.15, 0.2) is 6.07 Å². The molecule has 0 spiro atoms. The first-order chi connectivity index (χ1) is 9.58. The molecule has 108 valence electrons. The van der Waals surface area contributed by atoms with E-state index in [-0.39, 0.29) is 0 Å². The van der Waals surface area contributed by atoms with E-state index >= 15 is 0 Å². The number of aromatic nitrogens is 2. The maximum absolute atomic E-state index is 5.88. The molecule has 2 aromatic heterocycles. The second-order valence-electron chi connectivity index (χ2n) is 5.47.